The molecule has 0 atom stereocenters. The van der Waals surface area contributed by atoms with Crippen molar-refractivity contribution in [2.45, 2.75) is 18.3 Å². The number of aromatic nitrogens is 4. The molecule has 7 nitrogen and oxygen atoms in total. The average molecular weight is 307 g/mol. The molecule has 0 saturated heterocycles. The molecule has 3 heterocycles. The Balaban J connectivity index is 1.90. The van der Waals surface area contributed by atoms with Crippen molar-refractivity contribution in [3.63, 3.8) is 0 Å². The van der Waals surface area contributed by atoms with Gasteiger partial charge in [0, 0.05) is 18.0 Å². The van der Waals surface area contributed by atoms with Crippen LogP contribution in [0.3, 0.4) is 0 Å². The summed E-state index contributed by atoms with van der Waals surface area (Å²) in [5, 5.41) is 0. The summed E-state index contributed by atoms with van der Waals surface area (Å²) in [5.74, 6) is 0.124. The zero-order valence-corrected chi connectivity index (χ0v) is 12.1. The van der Waals surface area contributed by atoms with E-state index in [9.17, 15) is 4.79 Å². The summed E-state index contributed by atoms with van der Waals surface area (Å²) in [5.41, 5.74) is 7.46. The Morgan fingerprint density at radius 3 is 2.52 bits per heavy atom. The molecule has 3 aromatic heterocycles. The summed E-state index contributed by atoms with van der Waals surface area (Å²) in [7, 11) is 0. The molecular weight excluding hydrogens is 294 g/mol. The fraction of sp³-hybridized carbons (Fsp3) is 0.188. The van der Waals surface area contributed by atoms with Gasteiger partial charge in [0.25, 0.3) is 0 Å². The highest BCUT2D eigenvalue weighted by Gasteiger charge is 2.52. The number of hydrogen-bond acceptors (Lipinski definition) is 6. The van der Waals surface area contributed by atoms with Crippen LogP contribution < -0.4 is 5.73 Å². The molecule has 1 fully saturated rings. The highest BCUT2D eigenvalue weighted by molar-refractivity contribution is 5.89. The summed E-state index contributed by atoms with van der Waals surface area (Å²) in [6, 6.07) is 3.68. The third kappa shape index (κ3) is 2.17. The second-order valence-corrected chi connectivity index (χ2v) is 5.50. The van der Waals surface area contributed by atoms with Crippen LogP contribution in [0.2, 0.25) is 0 Å². The lowest BCUT2D eigenvalue weighted by atomic mass is 10.0. The van der Waals surface area contributed by atoms with Crippen LogP contribution in [0.5, 0.6) is 0 Å². The van der Waals surface area contributed by atoms with Gasteiger partial charge in [-0.15, -0.1) is 0 Å². The Labute approximate surface area is 131 Å². The lowest BCUT2D eigenvalue weighted by Gasteiger charge is -2.13. The van der Waals surface area contributed by atoms with Gasteiger partial charge in [0.15, 0.2) is 12.2 Å². The lowest BCUT2D eigenvalue weighted by Crippen LogP contribution is -2.29. The number of carbonyl (C=O) groups is 1. The van der Waals surface area contributed by atoms with Crippen molar-refractivity contribution < 1.29 is 9.21 Å². The van der Waals surface area contributed by atoms with E-state index in [1.165, 1.54) is 6.39 Å². The van der Waals surface area contributed by atoms with E-state index in [2.05, 4.69) is 19.9 Å². The van der Waals surface area contributed by atoms with Crippen LogP contribution >= 0.6 is 0 Å². The number of amides is 1. The average Bonchev–Trinajstić information content (AvgIpc) is 3.23. The Morgan fingerprint density at radius 2 is 1.91 bits per heavy atom. The first-order valence-electron chi connectivity index (χ1n) is 7.17. The molecular formula is C16H13N5O2. The second kappa shape index (κ2) is 4.98. The van der Waals surface area contributed by atoms with E-state index in [1.54, 1.807) is 24.8 Å². The number of carbonyl (C=O) groups excluding carboxylic acids is 1. The van der Waals surface area contributed by atoms with Crippen LogP contribution in [0.15, 0.2) is 47.7 Å². The van der Waals surface area contributed by atoms with Crippen LogP contribution in [0.4, 0.5) is 0 Å². The van der Waals surface area contributed by atoms with E-state index in [-0.39, 0.29) is 5.91 Å². The number of rotatable bonds is 4. The van der Waals surface area contributed by atoms with Gasteiger partial charge < -0.3 is 10.2 Å². The Hall–Kier alpha value is -3.09. The molecule has 4 rings (SSSR count). The third-order valence-corrected chi connectivity index (χ3v) is 4.10. The molecule has 0 radical (unpaired) electrons. The monoisotopic (exact) mass is 307 g/mol. The fourth-order valence-electron chi connectivity index (χ4n) is 2.60. The first-order valence-corrected chi connectivity index (χ1v) is 7.17. The minimum absolute atomic E-state index is 0.369. The number of hydrogen-bond donors (Lipinski definition) is 1. The minimum atomic E-state index is -0.696. The van der Waals surface area contributed by atoms with Gasteiger partial charge in [0.1, 0.15) is 5.69 Å². The molecule has 114 valence electrons. The molecule has 0 unspecified atom stereocenters. The standard InChI is InChI=1S/C16H13N5O2/c17-15(22)16(3-4-16)12-8-20-13(10-1-5-18-6-2-10)14(21-12)11-7-19-9-23-11/h1-2,5-9H,3-4H2,(H2,17,22). The third-order valence-electron chi connectivity index (χ3n) is 4.10. The van der Waals surface area contributed by atoms with Gasteiger partial charge in [-0.3, -0.25) is 14.8 Å². The SMILES string of the molecule is NC(=O)C1(c2cnc(-c3ccncc3)c(-c3cnco3)n2)CC1. The van der Waals surface area contributed by atoms with Crippen LogP contribution in [-0.2, 0) is 10.2 Å². The summed E-state index contributed by atoms with van der Waals surface area (Å²) >= 11 is 0. The maximum Gasteiger partial charge on any atom is 0.229 e. The molecule has 0 aliphatic heterocycles. The van der Waals surface area contributed by atoms with E-state index < -0.39 is 5.41 Å². The van der Waals surface area contributed by atoms with Gasteiger partial charge in [-0.25, -0.2) is 9.97 Å². The van der Waals surface area contributed by atoms with Crippen molar-refractivity contribution in [3.8, 4) is 22.7 Å². The van der Waals surface area contributed by atoms with Crippen LogP contribution in [0.1, 0.15) is 18.5 Å². The Kier molecular flexibility index (Phi) is 2.94. The lowest BCUT2D eigenvalue weighted by molar-refractivity contribution is -0.120. The zero-order valence-electron chi connectivity index (χ0n) is 12.1. The van der Waals surface area contributed by atoms with Crippen molar-refractivity contribution in [3.05, 3.63) is 49.0 Å². The van der Waals surface area contributed by atoms with Gasteiger partial charge in [-0.1, -0.05) is 0 Å². The molecule has 0 bridgehead atoms. The van der Waals surface area contributed by atoms with E-state index in [0.717, 1.165) is 5.56 Å². The van der Waals surface area contributed by atoms with Crippen LogP contribution in [0, 0.1) is 0 Å². The summed E-state index contributed by atoms with van der Waals surface area (Å²) in [6.45, 7) is 0. The molecule has 3 aromatic rings. The van der Waals surface area contributed by atoms with E-state index in [1.807, 2.05) is 12.1 Å². The van der Waals surface area contributed by atoms with Crippen LogP contribution in [0.25, 0.3) is 22.7 Å². The second-order valence-electron chi connectivity index (χ2n) is 5.50. The molecule has 23 heavy (non-hydrogen) atoms. The summed E-state index contributed by atoms with van der Waals surface area (Å²) in [6.07, 6.45) is 9.28. The van der Waals surface area contributed by atoms with E-state index in [0.29, 0.717) is 35.7 Å². The molecule has 0 aromatic carbocycles. The Bertz CT molecular complexity index is 857. The van der Waals surface area contributed by atoms with Gasteiger partial charge >= 0.3 is 0 Å². The zero-order chi connectivity index (χ0) is 15.9. The molecule has 0 spiro atoms. The van der Waals surface area contributed by atoms with Gasteiger partial charge in [-0.2, -0.15) is 0 Å². The van der Waals surface area contributed by atoms with Crippen molar-refractivity contribution in [2.24, 2.45) is 5.73 Å². The topological polar surface area (TPSA) is 108 Å². The van der Waals surface area contributed by atoms with Gasteiger partial charge in [0.2, 0.25) is 5.91 Å². The number of oxazole rings is 1. The highest BCUT2D eigenvalue weighted by Crippen LogP contribution is 2.47. The quantitative estimate of drug-likeness (QED) is 0.786. The van der Waals surface area contributed by atoms with Gasteiger partial charge in [0.05, 0.1) is 29.2 Å². The predicted molar refractivity (Wildman–Crippen MR) is 80.9 cm³/mol. The van der Waals surface area contributed by atoms with Crippen molar-refractivity contribution >= 4 is 5.91 Å². The number of pyridine rings is 1. The highest BCUT2D eigenvalue weighted by atomic mass is 16.3. The smallest absolute Gasteiger partial charge is 0.229 e. The number of nitrogens with two attached hydrogens (primary N) is 1. The largest absolute Gasteiger partial charge is 0.442 e. The normalized spacial score (nSPS) is 15.3. The molecule has 1 amide bonds. The van der Waals surface area contributed by atoms with Gasteiger partial charge in [-0.05, 0) is 25.0 Å². The molecule has 1 saturated carbocycles. The maximum atomic E-state index is 11.7. The number of nitrogens with zero attached hydrogens (tertiary/aromatic N) is 4. The number of primary amides is 1. The first kappa shape index (κ1) is 13.6. The van der Waals surface area contributed by atoms with Crippen molar-refractivity contribution in [1.82, 2.24) is 19.9 Å². The van der Waals surface area contributed by atoms with Crippen molar-refractivity contribution in [1.29, 1.82) is 0 Å². The summed E-state index contributed by atoms with van der Waals surface area (Å²) in [4.78, 5) is 28.8. The molecule has 2 N–H and O–H groups in total. The van der Waals surface area contributed by atoms with E-state index >= 15 is 0 Å². The minimum Gasteiger partial charge on any atom is -0.442 e. The van der Waals surface area contributed by atoms with Crippen molar-refractivity contribution in [2.75, 3.05) is 0 Å². The first-order chi connectivity index (χ1) is 11.2. The predicted octanol–water partition coefficient (Wildman–Crippen LogP) is 1.71. The Morgan fingerprint density at radius 1 is 1.13 bits per heavy atom. The molecule has 7 heteroatoms. The maximum absolute atomic E-state index is 11.7. The molecule has 1 aliphatic rings. The summed E-state index contributed by atoms with van der Waals surface area (Å²) < 4.78 is 5.38. The van der Waals surface area contributed by atoms with E-state index in [4.69, 9.17) is 10.2 Å². The fourth-order valence-corrected chi connectivity index (χ4v) is 2.60. The molecule has 1 aliphatic carbocycles. The van der Waals surface area contributed by atoms with Crippen LogP contribution in [-0.4, -0.2) is 25.8 Å².